The van der Waals surface area contributed by atoms with Crippen molar-refractivity contribution in [3.05, 3.63) is 23.7 Å². The molecular weight excluding hydrogens is 194 g/mol. The van der Waals surface area contributed by atoms with E-state index in [4.69, 9.17) is 10.2 Å². The van der Waals surface area contributed by atoms with Crippen molar-refractivity contribution in [2.75, 3.05) is 12.3 Å². The van der Waals surface area contributed by atoms with E-state index in [-0.39, 0.29) is 0 Å². The first-order chi connectivity index (χ1) is 6.63. The highest BCUT2D eigenvalue weighted by Crippen LogP contribution is 2.30. The molecule has 1 rings (SSSR count). The molecule has 3 heteroatoms. The van der Waals surface area contributed by atoms with E-state index in [0.29, 0.717) is 17.7 Å². The van der Waals surface area contributed by atoms with E-state index in [1.165, 1.54) is 0 Å². The van der Waals surface area contributed by atoms with Crippen molar-refractivity contribution in [2.45, 2.75) is 26.0 Å². The predicted octanol–water partition coefficient (Wildman–Crippen LogP) is 2.98. The highest BCUT2D eigenvalue weighted by molar-refractivity contribution is 7.99. The van der Waals surface area contributed by atoms with Crippen molar-refractivity contribution >= 4 is 11.8 Å². The SMILES string of the molecule is Cc1ccc(C(CN)SCC(C)C)o1. The summed E-state index contributed by atoms with van der Waals surface area (Å²) in [6, 6.07) is 4.02. The van der Waals surface area contributed by atoms with Crippen LogP contribution in [0.1, 0.15) is 30.6 Å². The van der Waals surface area contributed by atoms with Crippen LogP contribution in [0.3, 0.4) is 0 Å². The van der Waals surface area contributed by atoms with Crippen molar-refractivity contribution in [1.82, 2.24) is 0 Å². The van der Waals surface area contributed by atoms with Crippen LogP contribution in [-0.4, -0.2) is 12.3 Å². The van der Waals surface area contributed by atoms with Gasteiger partial charge in [0.1, 0.15) is 11.5 Å². The van der Waals surface area contributed by atoms with Crippen molar-refractivity contribution in [2.24, 2.45) is 11.7 Å². The topological polar surface area (TPSA) is 39.2 Å². The summed E-state index contributed by atoms with van der Waals surface area (Å²) in [7, 11) is 0. The van der Waals surface area contributed by atoms with E-state index in [2.05, 4.69) is 13.8 Å². The van der Waals surface area contributed by atoms with E-state index >= 15 is 0 Å². The van der Waals surface area contributed by atoms with Crippen LogP contribution < -0.4 is 5.73 Å². The van der Waals surface area contributed by atoms with Crippen molar-refractivity contribution in [3.63, 3.8) is 0 Å². The molecule has 0 fully saturated rings. The lowest BCUT2D eigenvalue weighted by molar-refractivity contribution is 0.481. The Balaban J connectivity index is 2.54. The summed E-state index contributed by atoms with van der Waals surface area (Å²) in [4.78, 5) is 0. The Morgan fingerprint density at radius 2 is 2.14 bits per heavy atom. The lowest BCUT2D eigenvalue weighted by Gasteiger charge is -2.13. The lowest BCUT2D eigenvalue weighted by Crippen LogP contribution is -2.10. The van der Waals surface area contributed by atoms with Gasteiger partial charge in [-0.15, -0.1) is 11.8 Å². The Morgan fingerprint density at radius 1 is 1.43 bits per heavy atom. The second kappa shape index (κ2) is 5.47. The van der Waals surface area contributed by atoms with Crippen LogP contribution in [0.4, 0.5) is 0 Å². The Bertz CT molecular complexity index is 270. The Hall–Kier alpha value is -0.410. The lowest BCUT2D eigenvalue weighted by atomic mass is 10.3. The zero-order valence-electron chi connectivity index (χ0n) is 9.12. The van der Waals surface area contributed by atoms with Gasteiger partial charge in [-0.1, -0.05) is 13.8 Å². The maximum Gasteiger partial charge on any atom is 0.118 e. The third-order valence-corrected chi connectivity index (χ3v) is 3.61. The zero-order chi connectivity index (χ0) is 10.6. The fraction of sp³-hybridized carbons (Fsp3) is 0.636. The van der Waals surface area contributed by atoms with Gasteiger partial charge in [0, 0.05) is 6.54 Å². The van der Waals surface area contributed by atoms with E-state index in [1.54, 1.807) is 0 Å². The first-order valence-electron chi connectivity index (χ1n) is 5.01. The molecule has 0 radical (unpaired) electrons. The van der Waals surface area contributed by atoms with Gasteiger partial charge in [0.05, 0.1) is 5.25 Å². The standard InChI is InChI=1S/C11H19NOS/c1-8(2)7-14-11(6-12)10-5-4-9(3)13-10/h4-5,8,11H,6-7,12H2,1-3H3. The molecule has 0 saturated carbocycles. The van der Waals surface area contributed by atoms with Crippen LogP contribution in [0.2, 0.25) is 0 Å². The molecule has 0 bridgehead atoms. The second-order valence-corrected chi connectivity index (χ2v) is 5.14. The van der Waals surface area contributed by atoms with Gasteiger partial charge in [0.15, 0.2) is 0 Å². The van der Waals surface area contributed by atoms with Gasteiger partial charge in [0.25, 0.3) is 0 Å². The molecule has 0 saturated heterocycles. The number of thioether (sulfide) groups is 1. The maximum absolute atomic E-state index is 5.72. The summed E-state index contributed by atoms with van der Waals surface area (Å²) in [6.45, 7) is 7.04. The van der Waals surface area contributed by atoms with Crippen LogP contribution in [0.5, 0.6) is 0 Å². The molecule has 2 nitrogen and oxygen atoms in total. The molecule has 0 spiro atoms. The minimum absolute atomic E-state index is 0.311. The van der Waals surface area contributed by atoms with Gasteiger partial charge in [-0.25, -0.2) is 0 Å². The largest absolute Gasteiger partial charge is 0.465 e. The van der Waals surface area contributed by atoms with Crippen LogP contribution in [-0.2, 0) is 0 Å². The molecule has 0 aromatic carbocycles. The third-order valence-electron chi connectivity index (χ3n) is 1.92. The summed E-state index contributed by atoms with van der Waals surface area (Å²) >= 11 is 1.88. The molecule has 1 aromatic rings. The maximum atomic E-state index is 5.72. The first kappa shape index (κ1) is 11.7. The first-order valence-corrected chi connectivity index (χ1v) is 6.06. The summed E-state index contributed by atoms with van der Waals surface area (Å²) in [5.41, 5.74) is 5.72. The number of rotatable bonds is 5. The summed E-state index contributed by atoms with van der Waals surface area (Å²) in [6.07, 6.45) is 0. The number of furan rings is 1. The molecular formula is C11H19NOS. The van der Waals surface area contributed by atoms with Gasteiger partial charge < -0.3 is 10.2 Å². The average Bonchev–Trinajstić information content (AvgIpc) is 2.53. The minimum atomic E-state index is 0.311. The van der Waals surface area contributed by atoms with Gasteiger partial charge in [0.2, 0.25) is 0 Å². The molecule has 0 aliphatic heterocycles. The monoisotopic (exact) mass is 213 g/mol. The summed E-state index contributed by atoms with van der Waals surface area (Å²) < 4.78 is 5.57. The fourth-order valence-electron chi connectivity index (χ4n) is 1.20. The Kier molecular flexibility index (Phi) is 4.55. The van der Waals surface area contributed by atoms with Crippen LogP contribution in [0, 0.1) is 12.8 Å². The number of nitrogens with two attached hydrogens (primary N) is 1. The van der Waals surface area contributed by atoms with Crippen molar-refractivity contribution in [3.8, 4) is 0 Å². The van der Waals surface area contributed by atoms with Gasteiger partial charge in [-0.05, 0) is 30.7 Å². The molecule has 0 amide bonds. The number of aryl methyl sites for hydroxylation is 1. The molecule has 2 N–H and O–H groups in total. The molecule has 80 valence electrons. The van der Waals surface area contributed by atoms with Gasteiger partial charge in [-0.3, -0.25) is 0 Å². The molecule has 1 atom stereocenters. The number of hydrogen-bond donors (Lipinski definition) is 1. The summed E-state index contributed by atoms with van der Waals surface area (Å²) in [5, 5.41) is 0.311. The van der Waals surface area contributed by atoms with Gasteiger partial charge in [-0.2, -0.15) is 0 Å². The predicted molar refractivity (Wildman–Crippen MR) is 62.5 cm³/mol. The average molecular weight is 213 g/mol. The van der Waals surface area contributed by atoms with Crippen LogP contribution in [0.25, 0.3) is 0 Å². The van der Waals surface area contributed by atoms with Crippen LogP contribution in [0.15, 0.2) is 16.5 Å². The Morgan fingerprint density at radius 3 is 2.57 bits per heavy atom. The molecule has 0 aliphatic rings. The minimum Gasteiger partial charge on any atom is -0.465 e. The van der Waals surface area contributed by atoms with E-state index < -0.39 is 0 Å². The second-order valence-electron chi connectivity index (χ2n) is 3.90. The van der Waals surface area contributed by atoms with E-state index in [9.17, 15) is 0 Å². The smallest absolute Gasteiger partial charge is 0.118 e. The highest BCUT2D eigenvalue weighted by atomic mass is 32.2. The molecule has 1 unspecified atom stereocenters. The normalized spacial score (nSPS) is 13.5. The molecule has 0 aliphatic carbocycles. The van der Waals surface area contributed by atoms with Crippen molar-refractivity contribution in [1.29, 1.82) is 0 Å². The van der Waals surface area contributed by atoms with Crippen LogP contribution >= 0.6 is 11.8 Å². The quantitative estimate of drug-likeness (QED) is 0.817. The highest BCUT2D eigenvalue weighted by Gasteiger charge is 2.14. The molecule has 1 aromatic heterocycles. The van der Waals surface area contributed by atoms with Crippen molar-refractivity contribution < 1.29 is 4.42 Å². The fourth-order valence-corrected chi connectivity index (χ4v) is 2.25. The van der Waals surface area contributed by atoms with E-state index in [1.807, 2.05) is 30.8 Å². The number of hydrogen-bond acceptors (Lipinski definition) is 3. The van der Waals surface area contributed by atoms with E-state index in [0.717, 1.165) is 17.3 Å². The third kappa shape index (κ3) is 3.39. The zero-order valence-corrected chi connectivity index (χ0v) is 9.93. The molecule has 1 heterocycles. The summed E-state index contributed by atoms with van der Waals surface area (Å²) in [5.74, 6) is 3.80. The Labute approximate surface area is 90.2 Å². The molecule has 14 heavy (non-hydrogen) atoms. The van der Waals surface area contributed by atoms with Gasteiger partial charge >= 0.3 is 0 Å².